The molecule has 0 radical (unpaired) electrons. The summed E-state index contributed by atoms with van der Waals surface area (Å²) >= 11 is 4.41. The number of fused-ring (bicyclic) bond motifs is 3. The molecule has 1 nitrogen and oxygen atoms in total. The molecule has 0 saturated heterocycles. The highest BCUT2D eigenvalue weighted by molar-refractivity contribution is 7.80. The van der Waals surface area contributed by atoms with Gasteiger partial charge in [-0.15, -0.1) is 12.6 Å². The van der Waals surface area contributed by atoms with E-state index in [9.17, 15) is 5.11 Å². The molecule has 1 N–H and O–H groups in total. The lowest BCUT2D eigenvalue weighted by molar-refractivity contribution is 0.473. The molecule has 0 amide bonds. The van der Waals surface area contributed by atoms with E-state index < -0.39 is 0 Å². The van der Waals surface area contributed by atoms with E-state index in [4.69, 9.17) is 0 Å². The second-order valence-corrected chi connectivity index (χ2v) is 5.60. The number of phenolic OH excluding ortho intramolecular Hbond substituents is 1. The molecule has 0 aromatic heterocycles. The summed E-state index contributed by atoms with van der Waals surface area (Å²) in [5.74, 6) is 0.329. The van der Waals surface area contributed by atoms with Gasteiger partial charge in [0.25, 0.3) is 0 Å². The Kier molecular flexibility index (Phi) is 2.08. The van der Waals surface area contributed by atoms with Crippen molar-refractivity contribution in [3.8, 4) is 16.9 Å². The summed E-state index contributed by atoms with van der Waals surface area (Å²) < 4.78 is 0. The zero-order chi connectivity index (χ0) is 12.2. The Morgan fingerprint density at radius 1 is 0.941 bits per heavy atom. The van der Waals surface area contributed by atoms with Gasteiger partial charge < -0.3 is 5.11 Å². The van der Waals surface area contributed by atoms with Crippen LogP contribution in [0.5, 0.6) is 5.75 Å². The van der Waals surface area contributed by atoms with Gasteiger partial charge in [-0.2, -0.15) is 0 Å². The maximum atomic E-state index is 9.65. The van der Waals surface area contributed by atoms with E-state index in [1.165, 1.54) is 22.3 Å². The molecule has 0 bridgehead atoms. The highest BCUT2D eigenvalue weighted by Gasteiger charge is 2.35. The van der Waals surface area contributed by atoms with Crippen molar-refractivity contribution in [3.63, 3.8) is 0 Å². The first-order chi connectivity index (χ1) is 8.00. The summed E-state index contributed by atoms with van der Waals surface area (Å²) in [5.41, 5.74) is 4.87. The molecule has 2 aromatic rings. The maximum absolute atomic E-state index is 9.65. The SMILES string of the molecule is CC1(C)c2cc(O)ccc2-c2ccc(S)cc21. The fourth-order valence-electron chi connectivity index (χ4n) is 2.71. The van der Waals surface area contributed by atoms with Crippen molar-refractivity contribution in [3.05, 3.63) is 47.5 Å². The molecular weight excluding hydrogens is 228 g/mol. The van der Waals surface area contributed by atoms with Crippen molar-refractivity contribution in [2.45, 2.75) is 24.2 Å². The van der Waals surface area contributed by atoms with Crippen LogP contribution in [0, 0.1) is 0 Å². The van der Waals surface area contributed by atoms with E-state index in [1.54, 1.807) is 6.07 Å². The Morgan fingerprint density at radius 2 is 1.53 bits per heavy atom. The van der Waals surface area contributed by atoms with E-state index in [0.29, 0.717) is 5.75 Å². The van der Waals surface area contributed by atoms with Gasteiger partial charge in [0.05, 0.1) is 0 Å². The van der Waals surface area contributed by atoms with E-state index in [0.717, 1.165) is 4.90 Å². The van der Waals surface area contributed by atoms with Gasteiger partial charge in [-0.05, 0) is 46.5 Å². The van der Waals surface area contributed by atoms with Gasteiger partial charge in [-0.1, -0.05) is 26.0 Å². The van der Waals surface area contributed by atoms with Crippen LogP contribution in [0.2, 0.25) is 0 Å². The molecule has 17 heavy (non-hydrogen) atoms. The average molecular weight is 242 g/mol. The smallest absolute Gasteiger partial charge is 0.115 e. The van der Waals surface area contributed by atoms with Crippen molar-refractivity contribution < 1.29 is 5.11 Å². The van der Waals surface area contributed by atoms with E-state index >= 15 is 0 Å². The number of hydrogen-bond donors (Lipinski definition) is 2. The van der Waals surface area contributed by atoms with Gasteiger partial charge >= 0.3 is 0 Å². The number of phenols is 1. The number of aromatic hydroxyl groups is 1. The Bertz CT molecular complexity index is 561. The van der Waals surface area contributed by atoms with Gasteiger partial charge in [0.1, 0.15) is 5.75 Å². The summed E-state index contributed by atoms with van der Waals surface area (Å²) in [7, 11) is 0. The number of hydrogen-bond acceptors (Lipinski definition) is 2. The van der Waals surface area contributed by atoms with Gasteiger partial charge in [-0.3, -0.25) is 0 Å². The van der Waals surface area contributed by atoms with Crippen LogP contribution in [0.15, 0.2) is 41.3 Å². The Labute approximate surface area is 107 Å². The Morgan fingerprint density at radius 3 is 2.24 bits per heavy atom. The average Bonchev–Trinajstić information content (AvgIpc) is 2.49. The van der Waals surface area contributed by atoms with Gasteiger partial charge in [0, 0.05) is 10.3 Å². The molecule has 86 valence electrons. The fourth-order valence-corrected chi connectivity index (χ4v) is 2.92. The van der Waals surface area contributed by atoms with Crippen LogP contribution in [-0.2, 0) is 5.41 Å². The Hall–Kier alpha value is -1.41. The summed E-state index contributed by atoms with van der Waals surface area (Å²) in [6.45, 7) is 4.37. The fraction of sp³-hybridized carbons (Fsp3) is 0.200. The normalized spacial score (nSPS) is 15.5. The summed E-state index contributed by atoms with van der Waals surface area (Å²) in [6, 6.07) is 11.9. The van der Waals surface area contributed by atoms with Crippen molar-refractivity contribution in [2.75, 3.05) is 0 Å². The van der Waals surface area contributed by atoms with Crippen LogP contribution in [0.4, 0.5) is 0 Å². The lowest BCUT2D eigenvalue weighted by atomic mass is 9.82. The molecule has 0 fully saturated rings. The zero-order valence-electron chi connectivity index (χ0n) is 9.86. The van der Waals surface area contributed by atoms with E-state index in [1.807, 2.05) is 18.2 Å². The second kappa shape index (κ2) is 3.30. The molecule has 0 saturated carbocycles. The highest BCUT2D eigenvalue weighted by atomic mass is 32.1. The molecule has 1 aliphatic rings. The van der Waals surface area contributed by atoms with Gasteiger partial charge in [-0.25, -0.2) is 0 Å². The molecule has 0 atom stereocenters. The molecule has 2 aromatic carbocycles. The van der Waals surface area contributed by atoms with Crippen LogP contribution < -0.4 is 0 Å². The van der Waals surface area contributed by atoms with Crippen LogP contribution in [0.3, 0.4) is 0 Å². The van der Waals surface area contributed by atoms with Crippen molar-refractivity contribution in [1.82, 2.24) is 0 Å². The first-order valence-corrected chi connectivity index (χ1v) is 6.12. The largest absolute Gasteiger partial charge is 0.508 e. The quantitative estimate of drug-likeness (QED) is 0.669. The predicted molar refractivity (Wildman–Crippen MR) is 72.9 cm³/mol. The Balaban J connectivity index is 2.37. The van der Waals surface area contributed by atoms with Crippen LogP contribution in [0.1, 0.15) is 25.0 Å². The minimum Gasteiger partial charge on any atom is -0.508 e. The van der Waals surface area contributed by atoms with E-state index in [-0.39, 0.29) is 5.41 Å². The third kappa shape index (κ3) is 1.40. The number of benzene rings is 2. The highest BCUT2D eigenvalue weighted by Crippen LogP contribution is 2.49. The molecule has 2 heteroatoms. The van der Waals surface area contributed by atoms with Gasteiger partial charge in [0.15, 0.2) is 0 Å². The lowest BCUT2D eigenvalue weighted by Crippen LogP contribution is -2.14. The molecule has 0 heterocycles. The van der Waals surface area contributed by atoms with Crippen molar-refractivity contribution >= 4 is 12.6 Å². The van der Waals surface area contributed by atoms with Crippen LogP contribution >= 0.6 is 12.6 Å². The third-order valence-corrected chi connectivity index (χ3v) is 3.92. The molecule has 3 rings (SSSR count). The van der Waals surface area contributed by atoms with Gasteiger partial charge in [0.2, 0.25) is 0 Å². The first kappa shape index (κ1) is 10.7. The number of rotatable bonds is 0. The van der Waals surface area contributed by atoms with E-state index in [2.05, 4.69) is 38.6 Å². The second-order valence-electron chi connectivity index (χ2n) is 5.08. The summed E-state index contributed by atoms with van der Waals surface area (Å²) in [6.07, 6.45) is 0. The topological polar surface area (TPSA) is 20.2 Å². The minimum atomic E-state index is -0.0673. The van der Waals surface area contributed by atoms with Crippen molar-refractivity contribution in [2.24, 2.45) is 0 Å². The van der Waals surface area contributed by atoms with Crippen molar-refractivity contribution in [1.29, 1.82) is 0 Å². The summed E-state index contributed by atoms with van der Waals surface area (Å²) in [5, 5.41) is 9.65. The lowest BCUT2D eigenvalue weighted by Gasteiger charge is -2.21. The zero-order valence-corrected chi connectivity index (χ0v) is 10.8. The molecule has 1 aliphatic carbocycles. The molecule has 0 unspecified atom stereocenters. The number of thiol groups is 1. The van der Waals surface area contributed by atoms with Crippen LogP contribution in [0.25, 0.3) is 11.1 Å². The summed E-state index contributed by atoms with van der Waals surface area (Å²) in [4.78, 5) is 0.980. The first-order valence-electron chi connectivity index (χ1n) is 5.67. The monoisotopic (exact) mass is 242 g/mol. The molecule has 0 spiro atoms. The molecular formula is C15H14OS. The minimum absolute atomic E-state index is 0.0673. The van der Waals surface area contributed by atoms with Crippen LogP contribution in [-0.4, -0.2) is 5.11 Å². The third-order valence-electron chi connectivity index (χ3n) is 3.64. The standard InChI is InChI=1S/C15H14OS/c1-15(2)13-7-9(16)3-5-11(13)12-6-4-10(17)8-14(12)15/h3-8,16-17H,1-2H3. The maximum Gasteiger partial charge on any atom is 0.115 e. The predicted octanol–water partition coefficient (Wildman–Crippen LogP) is 3.99. The molecule has 0 aliphatic heterocycles.